The second kappa shape index (κ2) is 4.62. The van der Waals surface area contributed by atoms with Crippen LogP contribution in [0.5, 0.6) is 0 Å². The first-order chi connectivity index (χ1) is 9.88. The first-order valence-corrected chi connectivity index (χ1v) is 6.51. The van der Waals surface area contributed by atoms with Crippen LogP contribution in [0, 0.1) is 11.6 Å². The molecular weight excluding hydrogens is 350 g/mol. The Morgan fingerprint density at radius 1 is 1.19 bits per heavy atom. The molecule has 0 radical (unpaired) electrons. The second-order valence-corrected chi connectivity index (χ2v) is 5.26. The number of aromatic amines is 2. The fraction of sp³-hybridized carbons (Fsp3) is 0.0833. The highest BCUT2D eigenvalue weighted by atomic mass is 79.9. The zero-order valence-corrected chi connectivity index (χ0v) is 12.1. The molecule has 108 valence electrons. The summed E-state index contributed by atoms with van der Waals surface area (Å²) in [7, 11) is 1.39. The molecule has 2 aromatic heterocycles. The van der Waals surface area contributed by atoms with Crippen LogP contribution >= 0.6 is 15.9 Å². The normalized spacial score (nSPS) is 11.2. The van der Waals surface area contributed by atoms with Crippen molar-refractivity contribution in [3.63, 3.8) is 0 Å². The molecule has 1 aromatic carbocycles. The van der Waals surface area contributed by atoms with E-state index in [2.05, 4.69) is 30.9 Å². The van der Waals surface area contributed by atoms with Crippen LogP contribution in [0.15, 0.2) is 26.2 Å². The lowest BCUT2D eigenvalue weighted by Crippen LogP contribution is -2.28. The quantitative estimate of drug-likeness (QED) is 0.695. The molecule has 6 nitrogen and oxygen atoms in total. The molecular formula is C12H7BrF2N4O2. The Morgan fingerprint density at radius 3 is 2.43 bits per heavy atom. The molecule has 21 heavy (non-hydrogen) atoms. The number of aromatic nitrogens is 4. The van der Waals surface area contributed by atoms with Crippen molar-refractivity contribution in [1.29, 1.82) is 0 Å². The van der Waals surface area contributed by atoms with Crippen molar-refractivity contribution in [1.82, 2.24) is 19.5 Å². The van der Waals surface area contributed by atoms with Crippen LogP contribution in [0.1, 0.15) is 0 Å². The van der Waals surface area contributed by atoms with Crippen molar-refractivity contribution in [3.05, 3.63) is 49.1 Å². The van der Waals surface area contributed by atoms with Crippen molar-refractivity contribution < 1.29 is 8.78 Å². The van der Waals surface area contributed by atoms with Gasteiger partial charge in [0.25, 0.3) is 5.56 Å². The van der Waals surface area contributed by atoms with Gasteiger partial charge in [-0.05, 0) is 12.1 Å². The molecule has 3 rings (SSSR count). The van der Waals surface area contributed by atoms with Gasteiger partial charge in [0, 0.05) is 11.5 Å². The molecule has 0 unspecified atom stereocenters. The Balaban J connectivity index is 2.38. The summed E-state index contributed by atoms with van der Waals surface area (Å²) < 4.78 is 29.2. The first-order valence-electron chi connectivity index (χ1n) is 5.72. The van der Waals surface area contributed by atoms with Gasteiger partial charge >= 0.3 is 5.69 Å². The van der Waals surface area contributed by atoms with Crippen molar-refractivity contribution in [3.8, 4) is 11.4 Å². The van der Waals surface area contributed by atoms with Crippen LogP contribution in [0.25, 0.3) is 22.6 Å². The maximum Gasteiger partial charge on any atom is 0.329 e. The Bertz CT molecular complexity index is 966. The Morgan fingerprint density at radius 2 is 1.81 bits per heavy atom. The van der Waals surface area contributed by atoms with Gasteiger partial charge < -0.3 is 4.98 Å². The number of H-pyrrole nitrogens is 2. The number of imidazole rings is 1. The molecule has 0 aliphatic rings. The summed E-state index contributed by atoms with van der Waals surface area (Å²) in [5.41, 5.74) is -1.79. The van der Waals surface area contributed by atoms with Crippen molar-refractivity contribution in [2.45, 2.75) is 0 Å². The average Bonchev–Trinajstić information content (AvgIpc) is 2.80. The molecule has 0 aliphatic carbocycles. The van der Waals surface area contributed by atoms with Gasteiger partial charge in [0.05, 0.1) is 5.56 Å². The monoisotopic (exact) mass is 356 g/mol. The van der Waals surface area contributed by atoms with E-state index in [0.717, 1.165) is 16.7 Å². The molecule has 0 aliphatic heterocycles. The molecule has 0 bridgehead atoms. The van der Waals surface area contributed by atoms with Gasteiger partial charge in [0.2, 0.25) is 0 Å². The molecule has 0 saturated heterocycles. The van der Waals surface area contributed by atoms with E-state index in [1.165, 1.54) is 7.05 Å². The smallest absolute Gasteiger partial charge is 0.329 e. The van der Waals surface area contributed by atoms with Crippen LogP contribution in [0.4, 0.5) is 8.78 Å². The largest absolute Gasteiger partial charge is 0.332 e. The minimum absolute atomic E-state index is 0.0143. The molecule has 0 saturated carbocycles. The molecule has 2 N–H and O–H groups in total. The number of benzene rings is 1. The van der Waals surface area contributed by atoms with E-state index in [0.29, 0.717) is 0 Å². The summed E-state index contributed by atoms with van der Waals surface area (Å²) in [5, 5.41) is 0. The van der Waals surface area contributed by atoms with Gasteiger partial charge in [-0.15, -0.1) is 0 Å². The Hall–Kier alpha value is -2.29. The molecule has 2 heterocycles. The third-order valence-corrected chi connectivity index (χ3v) is 3.46. The number of fused-ring (bicyclic) bond motifs is 1. The van der Waals surface area contributed by atoms with Gasteiger partial charge in [-0.25, -0.2) is 18.6 Å². The zero-order valence-electron chi connectivity index (χ0n) is 10.5. The van der Waals surface area contributed by atoms with Crippen LogP contribution in [-0.4, -0.2) is 19.5 Å². The number of rotatable bonds is 1. The average molecular weight is 357 g/mol. The topological polar surface area (TPSA) is 83.5 Å². The van der Waals surface area contributed by atoms with Crippen molar-refractivity contribution >= 4 is 27.1 Å². The highest BCUT2D eigenvalue weighted by Gasteiger charge is 2.18. The Labute approximate surface area is 123 Å². The standard InChI is InChI=1S/C12H7BrF2N4O2/c1-19-10-8(11(20)18-12(19)21)16-9(17-10)7-5(14)2-4(13)3-6(7)15/h2-3H,1H3,(H,16,17)(H,18,20,21). The molecule has 0 spiro atoms. The summed E-state index contributed by atoms with van der Waals surface area (Å²) >= 11 is 2.98. The summed E-state index contributed by atoms with van der Waals surface area (Å²) in [4.78, 5) is 31.7. The van der Waals surface area contributed by atoms with Gasteiger partial charge in [-0.2, -0.15) is 0 Å². The highest BCUT2D eigenvalue weighted by molar-refractivity contribution is 9.10. The zero-order chi connectivity index (χ0) is 15.3. The van der Waals surface area contributed by atoms with Crippen LogP contribution in [-0.2, 0) is 7.05 Å². The number of nitrogens with zero attached hydrogens (tertiary/aromatic N) is 2. The van der Waals surface area contributed by atoms with E-state index < -0.39 is 28.4 Å². The molecule has 0 amide bonds. The van der Waals surface area contributed by atoms with Crippen molar-refractivity contribution in [2.24, 2.45) is 7.05 Å². The molecule has 3 aromatic rings. The first kappa shape index (κ1) is 13.7. The van der Waals surface area contributed by atoms with E-state index in [9.17, 15) is 18.4 Å². The summed E-state index contributed by atoms with van der Waals surface area (Å²) in [6, 6.07) is 2.16. The van der Waals surface area contributed by atoms with Gasteiger partial charge in [0.1, 0.15) is 23.0 Å². The predicted octanol–water partition coefficient (Wildman–Crippen LogP) is 1.66. The Kier molecular flexibility index (Phi) is 3.01. The predicted molar refractivity (Wildman–Crippen MR) is 75.0 cm³/mol. The van der Waals surface area contributed by atoms with Gasteiger partial charge in [-0.1, -0.05) is 15.9 Å². The van der Waals surface area contributed by atoms with E-state index in [-0.39, 0.29) is 21.5 Å². The maximum absolute atomic E-state index is 13.9. The summed E-state index contributed by atoms with van der Waals surface area (Å²) in [6.45, 7) is 0. The van der Waals surface area contributed by atoms with E-state index >= 15 is 0 Å². The molecule has 0 atom stereocenters. The fourth-order valence-corrected chi connectivity index (χ4v) is 2.39. The number of nitrogens with one attached hydrogen (secondary N) is 2. The molecule has 0 fully saturated rings. The lowest BCUT2D eigenvalue weighted by molar-refractivity contribution is 0.586. The van der Waals surface area contributed by atoms with Gasteiger partial charge in [0.15, 0.2) is 5.65 Å². The van der Waals surface area contributed by atoms with E-state index in [1.807, 2.05) is 0 Å². The lowest BCUT2D eigenvalue weighted by atomic mass is 10.2. The van der Waals surface area contributed by atoms with Crippen LogP contribution < -0.4 is 11.2 Å². The van der Waals surface area contributed by atoms with E-state index in [4.69, 9.17) is 0 Å². The number of halogens is 3. The number of aryl methyl sites for hydroxylation is 1. The van der Waals surface area contributed by atoms with Crippen molar-refractivity contribution in [2.75, 3.05) is 0 Å². The fourth-order valence-electron chi connectivity index (χ4n) is 1.99. The van der Waals surface area contributed by atoms with E-state index in [1.54, 1.807) is 0 Å². The third kappa shape index (κ3) is 2.09. The van der Waals surface area contributed by atoms with Crippen LogP contribution in [0.2, 0.25) is 0 Å². The second-order valence-electron chi connectivity index (χ2n) is 4.35. The maximum atomic E-state index is 13.9. The highest BCUT2D eigenvalue weighted by Crippen LogP contribution is 2.27. The SMILES string of the molecule is Cn1c(=O)[nH]c(=O)c2[nH]c(-c3c(F)cc(Br)cc3F)nc21. The van der Waals surface area contributed by atoms with Gasteiger partial charge in [-0.3, -0.25) is 14.3 Å². The minimum atomic E-state index is -0.845. The minimum Gasteiger partial charge on any atom is -0.332 e. The number of hydrogen-bond donors (Lipinski definition) is 2. The summed E-state index contributed by atoms with van der Waals surface area (Å²) in [6.07, 6.45) is 0. The lowest BCUT2D eigenvalue weighted by Gasteiger charge is -2.02. The van der Waals surface area contributed by atoms with Crippen LogP contribution in [0.3, 0.4) is 0 Å². The molecule has 9 heteroatoms. The third-order valence-electron chi connectivity index (χ3n) is 3.00. The number of hydrogen-bond acceptors (Lipinski definition) is 3. The summed E-state index contributed by atoms with van der Waals surface area (Å²) in [5.74, 6) is -1.86.